The van der Waals surface area contributed by atoms with E-state index >= 15 is 0 Å². The van der Waals surface area contributed by atoms with Gasteiger partial charge in [0.05, 0.1) is 12.7 Å². The highest BCUT2D eigenvalue weighted by atomic mass is 19.1. The molecule has 0 N–H and O–H groups in total. The molecule has 15 heavy (non-hydrogen) atoms. The first kappa shape index (κ1) is 11.2. The Balaban J connectivity index is 3.09. The Bertz CT molecular complexity index is 408. The molecule has 0 aliphatic heterocycles. The summed E-state index contributed by atoms with van der Waals surface area (Å²) >= 11 is 0. The summed E-state index contributed by atoms with van der Waals surface area (Å²) in [5.41, 5.74) is 0.556. The molecule has 0 atom stereocenters. The van der Waals surface area contributed by atoms with Crippen molar-refractivity contribution in [2.45, 2.75) is 0 Å². The van der Waals surface area contributed by atoms with Crippen LogP contribution in [0, 0.1) is 5.82 Å². The van der Waals surface area contributed by atoms with Gasteiger partial charge in [0.15, 0.2) is 0 Å². The van der Waals surface area contributed by atoms with Crippen LogP contribution in [0.4, 0.5) is 4.39 Å². The number of carbonyl (C=O) groups excluding carboxylic acids is 1. The van der Waals surface area contributed by atoms with Crippen molar-refractivity contribution < 1.29 is 13.9 Å². The molecular formula is C12H11FO2. The average molecular weight is 206 g/mol. The normalized spacial score (nSPS) is 10.9. The molecule has 0 radical (unpaired) electrons. The zero-order valence-electron chi connectivity index (χ0n) is 8.37. The van der Waals surface area contributed by atoms with Crippen LogP contribution in [0.2, 0.25) is 0 Å². The predicted molar refractivity (Wildman–Crippen MR) is 56.6 cm³/mol. The SMILES string of the molecule is C=C/C(=C\c1ccccc1F)C(=O)OC. The van der Waals surface area contributed by atoms with E-state index in [-0.39, 0.29) is 11.4 Å². The van der Waals surface area contributed by atoms with Gasteiger partial charge in [0, 0.05) is 5.56 Å². The highest BCUT2D eigenvalue weighted by molar-refractivity contribution is 5.96. The monoisotopic (exact) mass is 206 g/mol. The minimum atomic E-state index is -0.534. The van der Waals surface area contributed by atoms with Gasteiger partial charge < -0.3 is 4.74 Å². The summed E-state index contributed by atoms with van der Waals surface area (Å²) in [7, 11) is 1.26. The summed E-state index contributed by atoms with van der Waals surface area (Å²) in [6.45, 7) is 3.46. The van der Waals surface area contributed by atoms with Gasteiger partial charge in [-0.1, -0.05) is 30.9 Å². The molecule has 0 spiro atoms. The minimum absolute atomic E-state index is 0.225. The van der Waals surface area contributed by atoms with Crippen molar-refractivity contribution in [2.24, 2.45) is 0 Å². The number of carbonyl (C=O) groups is 1. The van der Waals surface area contributed by atoms with Crippen LogP contribution < -0.4 is 0 Å². The minimum Gasteiger partial charge on any atom is -0.465 e. The van der Waals surface area contributed by atoms with Crippen LogP contribution >= 0.6 is 0 Å². The van der Waals surface area contributed by atoms with Gasteiger partial charge in [-0.25, -0.2) is 9.18 Å². The number of rotatable bonds is 3. The van der Waals surface area contributed by atoms with E-state index in [9.17, 15) is 9.18 Å². The van der Waals surface area contributed by atoms with Crippen molar-refractivity contribution in [2.75, 3.05) is 7.11 Å². The molecule has 78 valence electrons. The maximum absolute atomic E-state index is 13.2. The lowest BCUT2D eigenvalue weighted by molar-refractivity contribution is -0.135. The summed E-state index contributed by atoms with van der Waals surface area (Å²) in [6.07, 6.45) is 2.73. The van der Waals surface area contributed by atoms with E-state index in [1.807, 2.05) is 0 Å². The van der Waals surface area contributed by atoms with Crippen molar-refractivity contribution >= 4 is 12.0 Å². The average Bonchev–Trinajstić information content (AvgIpc) is 2.27. The fraction of sp³-hybridized carbons (Fsp3) is 0.0833. The molecule has 0 aliphatic carbocycles. The molecule has 0 amide bonds. The first-order valence-electron chi connectivity index (χ1n) is 4.36. The Hall–Kier alpha value is -1.90. The molecule has 1 rings (SSSR count). The fourth-order valence-electron chi connectivity index (χ4n) is 1.08. The third kappa shape index (κ3) is 2.77. The topological polar surface area (TPSA) is 26.3 Å². The zero-order valence-corrected chi connectivity index (χ0v) is 8.37. The van der Waals surface area contributed by atoms with E-state index in [0.717, 1.165) is 0 Å². The maximum Gasteiger partial charge on any atom is 0.337 e. The molecule has 0 heterocycles. The lowest BCUT2D eigenvalue weighted by atomic mass is 10.1. The Labute approximate surface area is 87.7 Å². The zero-order chi connectivity index (χ0) is 11.3. The number of halogens is 1. The molecule has 1 aromatic rings. The molecule has 0 fully saturated rings. The van der Waals surface area contributed by atoms with Gasteiger partial charge in [0.2, 0.25) is 0 Å². The van der Waals surface area contributed by atoms with Gasteiger partial charge in [-0.3, -0.25) is 0 Å². The third-order valence-electron chi connectivity index (χ3n) is 1.86. The van der Waals surface area contributed by atoms with Gasteiger partial charge >= 0.3 is 5.97 Å². The first-order chi connectivity index (χ1) is 7.19. The van der Waals surface area contributed by atoms with Gasteiger partial charge in [0.1, 0.15) is 5.82 Å². The Morgan fingerprint density at radius 1 is 1.47 bits per heavy atom. The maximum atomic E-state index is 13.2. The van der Waals surface area contributed by atoms with Crippen LogP contribution in [-0.2, 0) is 9.53 Å². The summed E-state index contributed by atoms with van der Waals surface area (Å²) in [4.78, 5) is 11.2. The third-order valence-corrected chi connectivity index (χ3v) is 1.86. The quantitative estimate of drug-likeness (QED) is 0.431. The summed E-state index contributed by atoms with van der Waals surface area (Å²) in [6, 6.07) is 6.16. The molecule has 0 aliphatic rings. The van der Waals surface area contributed by atoms with Crippen molar-refractivity contribution in [3.63, 3.8) is 0 Å². The second-order valence-corrected chi connectivity index (χ2v) is 2.82. The van der Waals surface area contributed by atoms with E-state index in [0.29, 0.717) is 5.56 Å². The van der Waals surface area contributed by atoms with E-state index in [4.69, 9.17) is 0 Å². The molecule has 0 saturated carbocycles. The lowest BCUT2D eigenvalue weighted by Gasteiger charge is -2.00. The smallest absolute Gasteiger partial charge is 0.337 e. The largest absolute Gasteiger partial charge is 0.465 e. The van der Waals surface area contributed by atoms with Gasteiger partial charge in [-0.2, -0.15) is 0 Å². The fourth-order valence-corrected chi connectivity index (χ4v) is 1.08. The molecule has 2 nitrogen and oxygen atoms in total. The standard InChI is InChI=1S/C12H11FO2/c1-3-9(12(14)15-2)8-10-6-4-5-7-11(10)13/h3-8H,1H2,2H3/b9-8+. The second kappa shape index (κ2) is 5.10. The summed E-state index contributed by atoms with van der Waals surface area (Å²) in [5.74, 6) is -0.922. The molecule has 1 aromatic carbocycles. The number of hydrogen-bond donors (Lipinski definition) is 0. The van der Waals surface area contributed by atoms with Crippen LogP contribution in [-0.4, -0.2) is 13.1 Å². The van der Waals surface area contributed by atoms with Crippen LogP contribution in [0.1, 0.15) is 5.56 Å². The number of benzene rings is 1. The van der Waals surface area contributed by atoms with Crippen molar-refractivity contribution in [3.8, 4) is 0 Å². The van der Waals surface area contributed by atoms with Crippen molar-refractivity contribution in [1.82, 2.24) is 0 Å². The van der Waals surface area contributed by atoms with E-state index in [1.165, 1.54) is 25.3 Å². The number of hydrogen-bond acceptors (Lipinski definition) is 2. The molecule has 0 bridgehead atoms. The second-order valence-electron chi connectivity index (χ2n) is 2.82. The van der Waals surface area contributed by atoms with E-state index < -0.39 is 5.97 Å². The molecule has 0 aromatic heterocycles. The van der Waals surface area contributed by atoms with Crippen molar-refractivity contribution in [3.05, 3.63) is 53.9 Å². The molecular weight excluding hydrogens is 195 g/mol. The highest BCUT2D eigenvalue weighted by Crippen LogP contribution is 2.12. The first-order valence-corrected chi connectivity index (χ1v) is 4.36. The van der Waals surface area contributed by atoms with E-state index in [1.54, 1.807) is 18.2 Å². The predicted octanol–water partition coefficient (Wildman–Crippen LogP) is 2.57. The number of methoxy groups -OCH3 is 1. The number of esters is 1. The van der Waals surface area contributed by atoms with Crippen LogP contribution in [0.15, 0.2) is 42.5 Å². The molecule has 3 heteroatoms. The Morgan fingerprint density at radius 3 is 2.67 bits per heavy atom. The van der Waals surface area contributed by atoms with Gasteiger partial charge in [-0.15, -0.1) is 0 Å². The summed E-state index contributed by atoms with van der Waals surface area (Å²) in [5, 5.41) is 0. The number of ether oxygens (including phenoxy) is 1. The lowest BCUT2D eigenvalue weighted by Crippen LogP contribution is -2.02. The van der Waals surface area contributed by atoms with Gasteiger partial charge in [-0.05, 0) is 12.1 Å². The Morgan fingerprint density at radius 2 is 2.13 bits per heavy atom. The highest BCUT2D eigenvalue weighted by Gasteiger charge is 2.06. The van der Waals surface area contributed by atoms with Crippen molar-refractivity contribution in [1.29, 1.82) is 0 Å². The molecule has 0 unspecified atom stereocenters. The van der Waals surface area contributed by atoms with Crippen LogP contribution in [0.25, 0.3) is 6.08 Å². The van der Waals surface area contributed by atoms with Crippen LogP contribution in [0.5, 0.6) is 0 Å². The van der Waals surface area contributed by atoms with Crippen LogP contribution in [0.3, 0.4) is 0 Å². The van der Waals surface area contributed by atoms with Gasteiger partial charge in [0.25, 0.3) is 0 Å². The van der Waals surface area contributed by atoms with E-state index in [2.05, 4.69) is 11.3 Å². The Kier molecular flexibility index (Phi) is 3.80. The molecule has 0 saturated heterocycles. The summed E-state index contributed by atoms with van der Waals surface area (Å²) < 4.78 is 17.7.